The van der Waals surface area contributed by atoms with Crippen LogP contribution in [0.1, 0.15) is 26.5 Å². The molecule has 33 heavy (non-hydrogen) atoms. The summed E-state index contributed by atoms with van der Waals surface area (Å²) in [6.07, 6.45) is -3.44. The highest BCUT2D eigenvalue weighted by molar-refractivity contribution is 7.09. The molecule has 0 aliphatic carbocycles. The van der Waals surface area contributed by atoms with E-state index in [1.165, 1.54) is 35.6 Å². The van der Waals surface area contributed by atoms with E-state index in [4.69, 9.17) is 22.1 Å². The van der Waals surface area contributed by atoms with Crippen LogP contribution < -0.4 is 5.73 Å². The van der Waals surface area contributed by atoms with Crippen LogP contribution in [-0.2, 0) is 11.2 Å². The summed E-state index contributed by atoms with van der Waals surface area (Å²) < 4.78 is 44.3. The van der Waals surface area contributed by atoms with Gasteiger partial charge in [-0.2, -0.15) is 13.2 Å². The first kappa shape index (κ1) is 24.5. The molecule has 0 fully saturated rings. The summed E-state index contributed by atoms with van der Waals surface area (Å²) in [5.74, 6) is -0.543. The summed E-state index contributed by atoms with van der Waals surface area (Å²) in [6, 6.07) is 12.3. The number of benzene rings is 2. The summed E-state index contributed by atoms with van der Waals surface area (Å²) in [7, 11) is 0. The fraction of sp³-hybridized carbons (Fsp3) is 0.174. The number of aliphatic imine (C=N–C) groups is 1. The van der Waals surface area contributed by atoms with Crippen molar-refractivity contribution < 1.29 is 22.7 Å². The molecule has 10 heteroatoms. The number of rotatable bonds is 7. The Balaban J connectivity index is 1.81. The summed E-state index contributed by atoms with van der Waals surface area (Å²) in [5, 5.41) is 0.269. The number of ether oxygens (including phenoxy) is 1. The molecule has 0 bridgehead atoms. The van der Waals surface area contributed by atoms with Crippen LogP contribution >= 0.6 is 22.9 Å². The zero-order valence-electron chi connectivity index (χ0n) is 17.4. The van der Waals surface area contributed by atoms with Crippen molar-refractivity contribution in [1.82, 2.24) is 4.98 Å². The zero-order valence-corrected chi connectivity index (χ0v) is 19.0. The standard InChI is InChI=1S/C23H19ClF3N3O2S/c1-14-20(33-13-29-14)10-11-32-22(31)16-8-6-15(7-9-16)19(12-21(28)23(25,26)27)30-18-5-3-2-4-17(18)24/h2-9,12-13H,10-11,28H2,1H3. The van der Waals surface area contributed by atoms with E-state index in [9.17, 15) is 18.0 Å². The number of alkyl halides is 3. The van der Waals surface area contributed by atoms with E-state index in [2.05, 4.69) is 9.98 Å². The van der Waals surface area contributed by atoms with E-state index < -0.39 is 17.8 Å². The minimum Gasteiger partial charge on any atom is -0.462 e. The number of allylic oxidation sites excluding steroid dienone is 2. The molecular weight excluding hydrogens is 475 g/mol. The number of nitrogens with zero attached hydrogens (tertiary/aromatic N) is 2. The Morgan fingerprint density at radius 1 is 1.18 bits per heavy atom. The summed E-state index contributed by atoms with van der Waals surface area (Å²) >= 11 is 7.59. The van der Waals surface area contributed by atoms with E-state index in [0.29, 0.717) is 12.0 Å². The van der Waals surface area contributed by atoms with Gasteiger partial charge in [-0.15, -0.1) is 11.3 Å². The second-order valence-electron chi connectivity index (χ2n) is 6.87. The first-order valence-corrected chi connectivity index (χ1v) is 10.9. The van der Waals surface area contributed by atoms with Crippen molar-refractivity contribution >= 4 is 40.3 Å². The number of para-hydroxylation sites is 1. The van der Waals surface area contributed by atoms with Gasteiger partial charge in [-0.25, -0.2) is 14.8 Å². The zero-order chi connectivity index (χ0) is 24.0. The Hall–Kier alpha value is -3.17. The third kappa shape index (κ3) is 6.66. The number of thiazole rings is 1. The molecule has 0 aliphatic heterocycles. The van der Waals surface area contributed by atoms with Crippen LogP contribution in [0, 0.1) is 6.92 Å². The average molecular weight is 494 g/mol. The Bertz CT molecular complexity index is 1190. The molecular formula is C23H19ClF3N3O2S. The third-order valence-corrected chi connectivity index (χ3v) is 5.85. The van der Waals surface area contributed by atoms with Gasteiger partial charge in [-0.05, 0) is 37.3 Å². The number of carbonyl (C=O) groups is 1. The lowest BCUT2D eigenvalue weighted by molar-refractivity contribution is -0.0925. The Kier molecular flexibility index (Phi) is 7.88. The SMILES string of the molecule is Cc1ncsc1CCOC(=O)c1ccc(C(C=C(N)C(F)(F)F)=Nc2ccccc2Cl)cc1. The van der Waals surface area contributed by atoms with E-state index in [-0.39, 0.29) is 28.6 Å². The lowest BCUT2D eigenvalue weighted by atomic mass is 10.1. The quantitative estimate of drug-likeness (QED) is 0.322. The summed E-state index contributed by atoms with van der Waals surface area (Å²) in [6.45, 7) is 2.07. The highest BCUT2D eigenvalue weighted by Crippen LogP contribution is 2.27. The van der Waals surface area contributed by atoms with E-state index in [0.717, 1.165) is 16.6 Å². The van der Waals surface area contributed by atoms with Crippen molar-refractivity contribution in [2.24, 2.45) is 10.7 Å². The van der Waals surface area contributed by atoms with Crippen LogP contribution in [0.25, 0.3) is 0 Å². The fourth-order valence-corrected chi connectivity index (χ4v) is 3.68. The number of nitrogens with two attached hydrogens (primary N) is 1. The molecule has 0 aliphatic rings. The maximum atomic E-state index is 13.0. The van der Waals surface area contributed by atoms with Crippen molar-refractivity contribution in [2.75, 3.05) is 6.61 Å². The smallest absolute Gasteiger partial charge is 0.430 e. The number of esters is 1. The number of aryl methyl sites for hydroxylation is 1. The average Bonchev–Trinajstić information content (AvgIpc) is 3.18. The Morgan fingerprint density at radius 2 is 1.85 bits per heavy atom. The molecule has 0 atom stereocenters. The van der Waals surface area contributed by atoms with Gasteiger partial charge < -0.3 is 10.5 Å². The lowest BCUT2D eigenvalue weighted by Crippen LogP contribution is -2.21. The normalized spacial score (nSPS) is 12.6. The predicted octanol–water partition coefficient (Wildman–Crippen LogP) is 6.03. The van der Waals surface area contributed by atoms with Crippen LogP contribution in [0.15, 0.2) is 70.8 Å². The fourth-order valence-electron chi connectivity index (χ4n) is 2.74. The van der Waals surface area contributed by atoms with Crippen molar-refractivity contribution in [2.45, 2.75) is 19.5 Å². The Labute approximate surface area is 197 Å². The molecule has 2 aromatic carbocycles. The second-order valence-corrected chi connectivity index (χ2v) is 8.22. The van der Waals surface area contributed by atoms with Gasteiger partial charge in [0.25, 0.3) is 0 Å². The molecule has 0 saturated carbocycles. The minimum atomic E-state index is -4.72. The van der Waals surface area contributed by atoms with Gasteiger partial charge in [0.05, 0.1) is 39.8 Å². The number of carbonyl (C=O) groups excluding carboxylic acids is 1. The van der Waals surface area contributed by atoms with Crippen LogP contribution in [0.3, 0.4) is 0 Å². The number of hydrogen-bond donors (Lipinski definition) is 1. The molecule has 5 nitrogen and oxygen atoms in total. The van der Waals surface area contributed by atoms with Crippen LogP contribution in [0.5, 0.6) is 0 Å². The maximum Gasteiger partial charge on any atom is 0.430 e. The topological polar surface area (TPSA) is 77.6 Å². The number of aromatic nitrogens is 1. The van der Waals surface area contributed by atoms with Crippen LogP contribution in [0.2, 0.25) is 5.02 Å². The van der Waals surface area contributed by atoms with Gasteiger partial charge in [-0.3, -0.25) is 0 Å². The molecule has 2 N–H and O–H groups in total. The van der Waals surface area contributed by atoms with Crippen LogP contribution in [0.4, 0.5) is 18.9 Å². The third-order valence-electron chi connectivity index (χ3n) is 4.54. The lowest BCUT2D eigenvalue weighted by Gasteiger charge is -2.10. The molecule has 0 unspecified atom stereocenters. The van der Waals surface area contributed by atoms with E-state index in [1.807, 2.05) is 6.92 Å². The number of hydrogen-bond acceptors (Lipinski definition) is 6. The summed E-state index contributed by atoms with van der Waals surface area (Å²) in [5.41, 5.74) is 7.32. The molecule has 3 aromatic rings. The van der Waals surface area contributed by atoms with Gasteiger partial charge in [0.2, 0.25) is 0 Å². The van der Waals surface area contributed by atoms with E-state index in [1.54, 1.807) is 29.8 Å². The van der Waals surface area contributed by atoms with Crippen LogP contribution in [-0.4, -0.2) is 29.4 Å². The largest absolute Gasteiger partial charge is 0.462 e. The molecule has 1 aromatic heterocycles. The molecule has 0 saturated heterocycles. The van der Waals surface area contributed by atoms with Crippen molar-refractivity contribution in [3.05, 3.63) is 92.5 Å². The predicted molar refractivity (Wildman–Crippen MR) is 123 cm³/mol. The minimum absolute atomic E-state index is 0.0569. The van der Waals surface area contributed by atoms with Gasteiger partial charge in [0.15, 0.2) is 0 Å². The molecule has 0 spiro atoms. The molecule has 172 valence electrons. The van der Waals surface area contributed by atoms with Gasteiger partial charge in [0.1, 0.15) is 5.70 Å². The highest BCUT2D eigenvalue weighted by Gasteiger charge is 2.31. The van der Waals surface area contributed by atoms with Gasteiger partial charge in [0, 0.05) is 16.9 Å². The highest BCUT2D eigenvalue weighted by atomic mass is 35.5. The summed E-state index contributed by atoms with van der Waals surface area (Å²) in [4.78, 5) is 21.8. The molecule has 0 radical (unpaired) electrons. The van der Waals surface area contributed by atoms with Crippen molar-refractivity contribution in [1.29, 1.82) is 0 Å². The maximum absolute atomic E-state index is 13.0. The second kappa shape index (κ2) is 10.6. The van der Waals surface area contributed by atoms with Gasteiger partial charge in [-0.1, -0.05) is 35.9 Å². The van der Waals surface area contributed by atoms with Gasteiger partial charge >= 0.3 is 12.1 Å². The molecule has 3 rings (SSSR count). The first-order chi connectivity index (χ1) is 15.6. The van der Waals surface area contributed by atoms with E-state index >= 15 is 0 Å². The number of halogens is 4. The van der Waals surface area contributed by atoms with Crippen molar-refractivity contribution in [3.63, 3.8) is 0 Å². The first-order valence-electron chi connectivity index (χ1n) is 9.69. The van der Waals surface area contributed by atoms with Crippen molar-refractivity contribution in [3.8, 4) is 0 Å². The molecule has 0 amide bonds. The Morgan fingerprint density at radius 3 is 2.45 bits per heavy atom. The molecule has 1 heterocycles. The monoisotopic (exact) mass is 493 g/mol.